The van der Waals surface area contributed by atoms with Crippen molar-refractivity contribution in [2.75, 3.05) is 0 Å². The fourth-order valence-electron chi connectivity index (χ4n) is 2.89. The highest BCUT2D eigenvalue weighted by Gasteiger charge is 2.07. The summed E-state index contributed by atoms with van der Waals surface area (Å²) in [5, 5.41) is 18.5. The van der Waals surface area contributed by atoms with E-state index in [2.05, 4.69) is 9.97 Å². The molecule has 144 valence electrons. The SMILES string of the molecule is CC(O)CCC/C=C/c1ccc(-c2ccc(-c3ncc(O)cn3)cc2)c(F)c1. The minimum atomic E-state index is -0.280. The lowest BCUT2D eigenvalue weighted by molar-refractivity contribution is 0.182. The molecule has 0 radical (unpaired) electrons. The molecule has 0 saturated heterocycles. The lowest BCUT2D eigenvalue weighted by atomic mass is 10.0. The van der Waals surface area contributed by atoms with E-state index in [9.17, 15) is 14.6 Å². The van der Waals surface area contributed by atoms with Gasteiger partial charge in [-0.15, -0.1) is 0 Å². The molecule has 4 nitrogen and oxygen atoms in total. The van der Waals surface area contributed by atoms with Crippen LogP contribution in [-0.4, -0.2) is 26.3 Å². The normalized spacial score (nSPS) is 12.4. The molecule has 0 bridgehead atoms. The highest BCUT2D eigenvalue weighted by molar-refractivity contribution is 5.69. The lowest BCUT2D eigenvalue weighted by Crippen LogP contribution is -1.97. The second-order valence-electron chi connectivity index (χ2n) is 6.76. The van der Waals surface area contributed by atoms with Crippen LogP contribution in [0.15, 0.2) is 60.9 Å². The molecule has 28 heavy (non-hydrogen) atoms. The molecule has 1 unspecified atom stereocenters. The Bertz CT molecular complexity index is 936. The first-order valence-electron chi connectivity index (χ1n) is 9.29. The smallest absolute Gasteiger partial charge is 0.159 e. The van der Waals surface area contributed by atoms with Crippen molar-refractivity contribution in [1.29, 1.82) is 0 Å². The molecule has 2 aromatic carbocycles. The molecule has 1 heterocycles. The molecule has 0 aliphatic carbocycles. The van der Waals surface area contributed by atoms with Crippen LogP contribution in [0.4, 0.5) is 4.39 Å². The predicted molar refractivity (Wildman–Crippen MR) is 109 cm³/mol. The van der Waals surface area contributed by atoms with Crippen LogP contribution < -0.4 is 0 Å². The van der Waals surface area contributed by atoms with E-state index in [4.69, 9.17) is 0 Å². The van der Waals surface area contributed by atoms with E-state index in [1.54, 1.807) is 13.0 Å². The van der Waals surface area contributed by atoms with E-state index < -0.39 is 0 Å². The molecule has 0 aliphatic heterocycles. The lowest BCUT2D eigenvalue weighted by Gasteiger charge is -2.06. The van der Waals surface area contributed by atoms with Gasteiger partial charge < -0.3 is 10.2 Å². The Labute approximate surface area is 164 Å². The van der Waals surface area contributed by atoms with Gasteiger partial charge in [-0.25, -0.2) is 14.4 Å². The van der Waals surface area contributed by atoms with Crippen molar-refractivity contribution < 1.29 is 14.6 Å². The number of aliphatic hydroxyl groups is 1. The zero-order valence-corrected chi connectivity index (χ0v) is 15.7. The van der Waals surface area contributed by atoms with Gasteiger partial charge in [-0.1, -0.05) is 48.6 Å². The minimum absolute atomic E-state index is 0.0135. The first kappa shape index (κ1) is 19.7. The van der Waals surface area contributed by atoms with Gasteiger partial charge in [-0.05, 0) is 43.4 Å². The number of aromatic nitrogens is 2. The number of allylic oxidation sites excluding steroid dienone is 1. The van der Waals surface area contributed by atoms with E-state index >= 15 is 0 Å². The number of rotatable bonds is 7. The number of aromatic hydroxyl groups is 1. The second kappa shape index (κ2) is 9.24. The summed E-state index contributed by atoms with van der Waals surface area (Å²) in [5.74, 6) is 0.236. The van der Waals surface area contributed by atoms with Crippen molar-refractivity contribution in [3.63, 3.8) is 0 Å². The molecule has 3 rings (SSSR count). The highest BCUT2D eigenvalue weighted by Crippen LogP contribution is 2.26. The Kier molecular flexibility index (Phi) is 6.50. The Balaban J connectivity index is 1.70. The van der Waals surface area contributed by atoms with Crippen LogP contribution in [0.1, 0.15) is 31.7 Å². The Hall–Kier alpha value is -3.05. The molecular weight excluding hydrogens is 355 g/mol. The van der Waals surface area contributed by atoms with Gasteiger partial charge in [0.25, 0.3) is 0 Å². The maximum atomic E-state index is 14.6. The summed E-state index contributed by atoms with van der Waals surface area (Å²) in [4.78, 5) is 8.15. The second-order valence-corrected chi connectivity index (χ2v) is 6.76. The number of nitrogens with zero attached hydrogens (tertiary/aromatic N) is 2. The zero-order chi connectivity index (χ0) is 19.9. The van der Waals surface area contributed by atoms with Gasteiger partial charge in [0.1, 0.15) is 5.82 Å². The Morgan fingerprint density at radius 1 is 1.04 bits per heavy atom. The van der Waals surface area contributed by atoms with Crippen LogP contribution in [0, 0.1) is 5.82 Å². The van der Waals surface area contributed by atoms with E-state index in [-0.39, 0.29) is 17.7 Å². The van der Waals surface area contributed by atoms with Crippen molar-refractivity contribution in [2.24, 2.45) is 0 Å². The molecule has 0 amide bonds. The van der Waals surface area contributed by atoms with Crippen molar-refractivity contribution in [1.82, 2.24) is 9.97 Å². The van der Waals surface area contributed by atoms with Crippen molar-refractivity contribution in [3.8, 4) is 28.3 Å². The number of hydrogen-bond donors (Lipinski definition) is 2. The number of benzene rings is 2. The topological polar surface area (TPSA) is 66.2 Å². The van der Waals surface area contributed by atoms with Crippen molar-refractivity contribution in [3.05, 3.63) is 72.3 Å². The van der Waals surface area contributed by atoms with Crippen molar-refractivity contribution >= 4 is 6.08 Å². The van der Waals surface area contributed by atoms with Crippen LogP contribution in [0.2, 0.25) is 0 Å². The van der Waals surface area contributed by atoms with Crippen LogP contribution in [0.3, 0.4) is 0 Å². The maximum absolute atomic E-state index is 14.6. The van der Waals surface area contributed by atoms with Crippen LogP contribution in [0.25, 0.3) is 28.6 Å². The average molecular weight is 378 g/mol. The van der Waals surface area contributed by atoms with Gasteiger partial charge in [-0.3, -0.25) is 0 Å². The summed E-state index contributed by atoms with van der Waals surface area (Å²) in [6, 6.07) is 12.5. The third-order valence-electron chi connectivity index (χ3n) is 4.39. The molecular formula is C23H23FN2O2. The van der Waals surface area contributed by atoms with Gasteiger partial charge in [0, 0.05) is 11.1 Å². The van der Waals surface area contributed by atoms with Gasteiger partial charge in [0.05, 0.1) is 18.5 Å². The third-order valence-corrected chi connectivity index (χ3v) is 4.39. The average Bonchev–Trinajstić information content (AvgIpc) is 2.68. The third kappa shape index (κ3) is 5.24. The summed E-state index contributed by atoms with van der Waals surface area (Å²) < 4.78 is 14.6. The fraction of sp³-hybridized carbons (Fsp3) is 0.217. The molecule has 2 N–H and O–H groups in total. The number of hydrogen-bond acceptors (Lipinski definition) is 4. The Morgan fingerprint density at radius 2 is 1.71 bits per heavy atom. The van der Waals surface area contributed by atoms with Crippen LogP contribution in [0.5, 0.6) is 5.75 Å². The van der Waals surface area contributed by atoms with Gasteiger partial charge in [0.2, 0.25) is 0 Å². The van der Waals surface area contributed by atoms with Gasteiger partial charge in [0.15, 0.2) is 11.6 Å². The molecule has 0 aliphatic rings. The number of unbranched alkanes of at least 4 members (excludes halogenated alkanes) is 1. The summed E-state index contributed by atoms with van der Waals surface area (Å²) in [5.41, 5.74) is 2.91. The minimum Gasteiger partial charge on any atom is -0.505 e. The van der Waals surface area contributed by atoms with Crippen LogP contribution in [-0.2, 0) is 0 Å². The monoisotopic (exact) mass is 378 g/mol. The maximum Gasteiger partial charge on any atom is 0.159 e. The van der Waals surface area contributed by atoms with E-state index in [1.807, 2.05) is 42.5 Å². The summed E-state index contributed by atoms with van der Waals surface area (Å²) in [6.07, 6.45) is 8.84. The first-order chi connectivity index (χ1) is 13.5. The zero-order valence-electron chi connectivity index (χ0n) is 15.7. The molecule has 1 aromatic heterocycles. The molecule has 5 heteroatoms. The largest absolute Gasteiger partial charge is 0.505 e. The van der Waals surface area contributed by atoms with Gasteiger partial charge in [-0.2, -0.15) is 0 Å². The Morgan fingerprint density at radius 3 is 2.36 bits per heavy atom. The molecule has 3 aromatic rings. The molecule has 0 spiro atoms. The quantitative estimate of drug-likeness (QED) is 0.553. The number of halogens is 1. The predicted octanol–water partition coefficient (Wildman–Crippen LogP) is 5.22. The standard InChI is InChI=1S/C23H23FN2O2/c1-16(27)5-3-2-4-6-17-7-12-21(22(24)13-17)18-8-10-19(11-9-18)23-25-14-20(28)15-26-23/h4,6-16,27-28H,2-3,5H2,1H3/b6-4+. The van der Waals surface area contributed by atoms with Gasteiger partial charge >= 0.3 is 0 Å². The summed E-state index contributed by atoms with van der Waals surface area (Å²) >= 11 is 0. The van der Waals surface area contributed by atoms with E-state index in [0.29, 0.717) is 11.4 Å². The van der Waals surface area contributed by atoms with Crippen LogP contribution >= 0.6 is 0 Å². The van der Waals surface area contributed by atoms with E-state index in [1.165, 1.54) is 18.5 Å². The molecule has 0 fully saturated rings. The van der Waals surface area contributed by atoms with Crippen molar-refractivity contribution in [2.45, 2.75) is 32.3 Å². The molecule has 1 atom stereocenters. The summed E-state index contributed by atoms with van der Waals surface area (Å²) in [7, 11) is 0. The van der Waals surface area contributed by atoms with E-state index in [0.717, 1.165) is 36.0 Å². The summed E-state index contributed by atoms with van der Waals surface area (Å²) in [6.45, 7) is 1.78. The molecule has 0 saturated carbocycles. The first-order valence-corrected chi connectivity index (χ1v) is 9.29. The number of aliphatic hydroxyl groups excluding tert-OH is 1. The highest BCUT2D eigenvalue weighted by atomic mass is 19.1. The fourth-order valence-corrected chi connectivity index (χ4v) is 2.89.